The number of anilines is 1. The van der Waals surface area contributed by atoms with Gasteiger partial charge in [-0.25, -0.2) is 9.97 Å². The average Bonchev–Trinajstić information content (AvgIpc) is 3.12. The third-order valence-electron chi connectivity index (χ3n) is 6.47. The van der Waals surface area contributed by atoms with Gasteiger partial charge < -0.3 is 10.6 Å². The van der Waals surface area contributed by atoms with Crippen molar-refractivity contribution in [1.82, 2.24) is 29.5 Å². The monoisotopic (exact) mass is 455 g/mol. The van der Waals surface area contributed by atoms with Crippen LogP contribution in [0.4, 0.5) is 5.82 Å². The summed E-state index contributed by atoms with van der Waals surface area (Å²) >= 11 is 0. The molecule has 0 atom stereocenters. The zero-order valence-corrected chi connectivity index (χ0v) is 19.6. The van der Waals surface area contributed by atoms with E-state index in [-0.39, 0.29) is 5.91 Å². The van der Waals surface area contributed by atoms with E-state index in [1.54, 1.807) is 0 Å². The number of benzene rings is 2. The second-order valence-corrected chi connectivity index (χ2v) is 8.80. The number of amides is 1. The van der Waals surface area contributed by atoms with E-state index in [1.807, 2.05) is 65.9 Å². The Kier molecular flexibility index (Phi) is 5.98. The SMILES string of the molecule is Cc1nn(Cc2ccccc2)c(C)c1C(=O)N1CCN(Cc2nc(N)c3ccccc3n2)CC1. The van der Waals surface area contributed by atoms with Gasteiger partial charge in [0, 0.05) is 37.3 Å². The van der Waals surface area contributed by atoms with Gasteiger partial charge in [0.1, 0.15) is 11.6 Å². The Balaban J connectivity index is 1.24. The minimum atomic E-state index is 0.0557. The summed E-state index contributed by atoms with van der Waals surface area (Å²) in [4.78, 5) is 26.7. The Hall–Kier alpha value is -3.78. The fraction of sp³-hybridized carbons (Fsp3) is 0.308. The highest BCUT2D eigenvalue weighted by Gasteiger charge is 2.27. The van der Waals surface area contributed by atoms with Gasteiger partial charge in [0.25, 0.3) is 5.91 Å². The number of para-hydroxylation sites is 1. The predicted octanol–water partition coefficient (Wildman–Crippen LogP) is 3.03. The van der Waals surface area contributed by atoms with Gasteiger partial charge in [-0.15, -0.1) is 0 Å². The molecule has 0 saturated carbocycles. The van der Waals surface area contributed by atoms with E-state index in [9.17, 15) is 4.79 Å². The Bertz CT molecular complexity index is 1320. The Labute approximate surface area is 199 Å². The number of piperazine rings is 1. The van der Waals surface area contributed by atoms with Crippen molar-refractivity contribution in [2.24, 2.45) is 0 Å². The van der Waals surface area contributed by atoms with Gasteiger partial charge >= 0.3 is 0 Å². The number of fused-ring (bicyclic) bond motifs is 1. The van der Waals surface area contributed by atoms with E-state index in [0.29, 0.717) is 37.8 Å². The molecule has 1 fully saturated rings. The smallest absolute Gasteiger partial charge is 0.257 e. The molecule has 0 spiro atoms. The summed E-state index contributed by atoms with van der Waals surface area (Å²) in [5.74, 6) is 1.28. The second-order valence-electron chi connectivity index (χ2n) is 8.80. The number of aromatic nitrogens is 4. The number of hydrogen-bond donors (Lipinski definition) is 1. The highest BCUT2D eigenvalue weighted by molar-refractivity contribution is 5.96. The summed E-state index contributed by atoms with van der Waals surface area (Å²) in [5.41, 5.74) is 10.6. The summed E-state index contributed by atoms with van der Waals surface area (Å²) in [6.45, 7) is 8.01. The van der Waals surface area contributed by atoms with Crippen molar-refractivity contribution in [1.29, 1.82) is 0 Å². The minimum Gasteiger partial charge on any atom is -0.383 e. The molecule has 0 unspecified atom stereocenters. The van der Waals surface area contributed by atoms with Crippen LogP contribution in [0.2, 0.25) is 0 Å². The molecule has 8 heteroatoms. The zero-order chi connectivity index (χ0) is 23.7. The maximum Gasteiger partial charge on any atom is 0.257 e. The molecule has 1 aliphatic heterocycles. The van der Waals surface area contributed by atoms with Gasteiger partial charge in [0.15, 0.2) is 0 Å². The van der Waals surface area contributed by atoms with Crippen molar-refractivity contribution >= 4 is 22.6 Å². The standard InChI is InChI=1S/C26H29N7O/c1-18-24(19(2)33(30-18)16-20-8-4-3-5-9-20)26(34)32-14-12-31(13-15-32)17-23-28-22-11-7-6-10-21(22)25(27)29-23/h3-11H,12-17H2,1-2H3,(H2,27,28,29). The maximum atomic E-state index is 13.4. The Morgan fingerprint density at radius 2 is 1.62 bits per heavy atom. The molecule has 3 heterocycles. The van der Waals surface area contributed by atoms with Crippen LogP contribution in [0.1, 0.15) is 33.1 Å². The molecule has 2 N–H and O–H groups in total. The summed E-state index contributed by atoms with van der Waals surface area (Å²) in [5, 5.41) is 5.53. The van der Waals surface area contributed by atoms with E-state index in [4.69, 9.17) is 5.73 Å². The van der Waals surface area contributed by atoms with E-state index < -0.39 is 0 Å². The molecular weight excluding hydrogens is 426 g/mol. The van der Waals surface area contributed by atoms with Crippen LogP contribution in [-0.4, -0.2) is 61.6 Å². The van der Waals surface area contributed by atoms with Crippen molar-refractivity contribution < 1.29 is 4.79 Å². The topological polar surface area (TPSA) is 93.2 Å². The Morgan fingerprint density at radius 1 is 0.912 bits per heavy atom. The summed E-state index contributed by atoms with van der Waals surface area (Å²) in [6, 6.07) is 18.0. The molecular formula is C26H29N7O. The van der Waals surface area contributed by atoms with Crippen LogP contribution >= 0.6 is 0 Å². The molecule has 1 saturated heterocycles. The number of carbonyl (C=O) groups is 1. The number of nitrogens with zero attached hydrogens (tertiary/aromatic N) is 6. The fourth-order valence-corrected chi connectivity index (χ4v) is 4.61. The molecule has 2 aromatic carbocycles. The lowest BCUT2D eigenvalue weighted by molar-refractivity contribution is 0.0624. The number of hydrogen-bond acceptors (Lipinski definition) is 6. The lowest BCUT2D eigenvalue weighted by Crippen LogP contribution is -2.48. The van der Waals surface area contributed by atoms with Gasteiger partial charge in [0.2, 0.25) is 0 Å². The first-order chi connectivity index (χ1) is 16.5. The average molecular weight is 456 g/mol. The first-order valence-electron chi connectivity index (χ1n) is 11.6. The van der Waals surface area contributed by atoms with Crippen LogP contribution in [0.3, 0.4) is 0 Å². The minimum absolute atomic E-state index is 0.0557. The van der Waals surface area contributed by atoms with Crippen LogP contribution in [0.25, 0.3) is 10.9 Å². The van der Waals surface area contributed by atoms with Crippen molar-refractivity contribution in [2.75, 3.05) is 31.9 Å². The third kappa shape index (κ3) is 4.36. The second kappa shape index (κ2) is 9.23. The largest absolute Gasteiger partial charge is 0.383 e. The molecule has 0 bridgehead atoms. The third-order valence-corrected chi connectivity index (χ3v) is 6.47. The number of nitrogen functional groups attached to an aromatic ring is 1. The number of aryl methyl sites for hydroxylation is 1. The summed E-state index contributed by atoms with van der Waals surface area (Å²) in [6.07, 6.45) is 0. The van der Waals surface area contributed by atoms with Crippen LogP contribution < -0.4 is 5.73 Å². The van der Waals surface area contributed by atoms with E-state index in [0.717, 1.165) is 46.5 Å². The molecule has 1 aliphatic rings. The van der Waals surface area contributed by atoms with Gasteiger partial charge in [-0.1, -0.05) is 42.5 Å². The molecule has 4 aromatic rings. The highest BCUT2D eigenvalue weighted by Crippen LogP contribution is 2.20. The molecule has 5 rings (SSSR count). The molecule has 0 radical (unpaired) electrons. The molecule has 0 aliphatic carbocycles. The Morgan fingerprint density at radius 3 is 2.38 bits per heavy atom. The van der Waals surface area contributed by atoms with Gasteiger partial charge in [-0.05, 0) is 31.5 Å². The number of nitrogens with two attached hydrogens (primary N) is 1. The molecule has 34 heavy (non-hydrogen) atoms. The molecule has 1 amide bonds. The van der Waals surface area contributed by atoms with Crippen molar-refractivity contribution in [3.63, 3.8) is 0 Å². The van der Waals surface area contributed by atoms with Crippen LogP contribution in [0.5, 0.6) is 0 Å². The van der Waals surface area contributed by atoms with Crippen molar-refractivity contribution in [3.05, 3.63) is 82.9 Å². The van der Waals surface area contributed by atoms with Crippen LogP contribution in [0.15, 0.2) is 54.6 Å². The van der Waals surface area contributed by atoms with Crippen molar-refractivity contribution in [3.8, 4) is 0 Å². The van der Waals surface area contributed by atoms with E-state index in [1.165, 1.54) is 0 Å². The van der Waals surface area contributed by atoms with Crippen molar-refractivity contribution in [2.45, 2.75) is 26.9 Å². The molecule has 174 valence electrons. The van der Waals surface area contributed by atoms with Gasteiger partial charge in [0.05, 0.1) is 29.9 Å². The number of rotatable bonds is 5. The first-order valence-corrected chi connectivity index (χ1v) is 11.6. The van der Waals surface area contributed by atoms with Crippen LogP contribution in [-0.2, 0) is 13.1 Å². The van der Waals surface area contributed by atoms with E-state index >= 15 is 0 Å². The number of carbonyl (C=O) groups excluding carboxylic acids is 1. The lowest BCUT2D eigenvalue weighted by atomic mass is 10.1. The lowest BCUT2D eigenvalue weighted by Gasteiger charge is -2.34. The van der Waals surface area contributed by atoms with Gasteiger partial charge in [-0.3, -0.25) is 14.4 Å². The fourth-order valence-electron chi connectivity index (χ4n) is 4.61. The maximum absolute atomic E-state index is 13.4. The summed E-state index contributed by atoms with van der Waals surface area (Å²) in [7, 11) is 0. The highest BCUT2D eigenvalue weighted by atomic mass is 16.2. The molecule has 8 nitrogen and oxygen atoms in total. The summed E-state index contributed by atoms with van der Waals surface area (Å²) < 4.78 is 1.93. The normalized spacial score (nSPS) is 14.6. The zero-order valence-electron chi connectivity index (χ0n) is 19.6. The quantitative estimate of drug-likeness (QED) is 0.497. The van der Waals surface area contributed by atoms with Gasteiger partial charge in [-0.2, -0.15) is 5.10 Å². The predicted molar refractivity (Wildman–Crippen MR) is 132 cm³/mol. The van der Waals surface area contributed by atoms with Crippen LogP contribution in [0, 0.1) is 13.8 Å². The molecule has 2 aromatic heterocycles. The first kappa shape index (κ1) is 22.0. The van der Waals surface area contributed by atoms with E-state index in [2.05, 4.69) is 32.1 Å².